The first-order chi connectivity index (χ1) is 26.4. The van der Waals surface area contributed by atoms with E-state index in [1.165, 1.54) is 29.5 Å². The molecular weight excluding hydrogens is 823 g/mol. The molecule has 6 heteroatoms. The minimum Gasteiger partial charge on any atom is -0.498 e. The molecule has 4 aromatic carbocycles. The van der Waals surface area contributed by atoms with Crippen molar-refractivity contribution >= 4 is 43.5 Å². The topological polar surface area (TPSA) is 51.8 Å². The molecule has 0 aliphatic rings. The summed E-state index contributed by atoms with van der Waals surface area (Å²) < 4.78 is 53.2. The van der Waals surface area contributed by atoms with Crippen molar-refractivity contribution in [3.63, 3.8) is 0 Å². The molecule has 0 aliphatic carbocycles. The second-order valence-electron chi connectivity index (χ2n) is 13.8. The molecule has 0 atom stereocenters. The number of hydrogen-bond acceptors (Lipinski definition) is 5. The number of nitrogens with zero attached hydrogens (tertiary/aromatic N) is 3. The first kappa shape index (κ1) is 29.1. The summed E-state index contributed by atoms with van der Waals surface area (Å²) in [4.78, 5) is 13.9. The van der Waals surface area contributed by atoms with Gasteiger partial charge in [0.1, 0.15) is 11.1 Å². The van der Waals surface area contributed by atoms with Crippen LogP contribution < -0.4 is 0 Å². The number of fused-ring (bicyclic) bond motifs is 5. The predicted molar refractivity (Wildman–Crippen MR) is 210 cm³/mol. The summed E-state index contributed by atoms with van der Waals surface area (Å²) in [5.74, 6) is 0.437. The normalized spacial score (nSPS) is 13.8. The molecule has 0 aliphatic heterocycles. The Labute approximate surface area is 326 Å². The van der Waals surface area contributed by atoms with Gasteiger partial charge < -0.3 is 14.4 Å². The van der Waals surface area contributed by atoms with Gasteiger partial charge in [0.2, 0.25) is 0 Å². The van der Waals surface area contributed by atoms with E-state index in [1.54, 1.807) is 23.5 Å². The Morgan fingerprint density at radius 2 is 1.59 bits per heavy atom. The zero-order valence-corrected chi connectivity index (χ0v) is 32.5. The van der Waals surface area contributed by atoms with Crippen LogP contribution in [0.1, 0.15) is 76.0 Å². The molecule has 4 heterocycles. The van der Waals surface area contributed by atoms with Gasteiger partial charge in [0.05, 0.1) is 15.3 Å². The van der Waals surface area contributed by atoms with E-state index in [4.69, 9.17) is 22.6 Å². The molecule has 0 fully saturated rings. The van der Waals surface area contributed by atoms with Crippen LogP contribution in [0.3, 0.4) is 0 Å². The molecule has 8 rings (SSSR count). The number of furan rings is 1. The molecule has 0 amide bonds. The molecule has 259 valence electrons. The Morgan fingerprint density at radius 1 is 0.824 bits per heavy atom. The van der Waals surface area contributed by atoms with Crippen LogP contribution in [0.15, 0.2) is 102 Å². The summed E-state index contributed by atoms with van der Waals surface area (Å²) in [5, 5.41) is 3.30. The fraction of sp³-hybridized carbons (Fsp3) is 0.222. The van der Waals surface area contributed by atoms with Gasteiger partial charge in [-0.25, -0.2) is 4.98 Å². The summed E-state index contributed by atoms with van der Waals surface area (Å²) in [6.07, 6.45) is 3.31. The van der Waals surface area contributed by atoms with Crippen LogP contribution >= 0.6 is 11.3 Å². The van der Waals surface area contributed by atoms with E-state index in [9.17, 15) is 0 Å². The molecule has 4 aromatic heterocycles. The Kier molecular flexibility index (Phi) is 8.36. The molecule has 8 aromatic rings. The van der Waals surface area contributed by atoms with Crippen molar-refractivity contribution in [1.29, 1.82) is 0 Å². The van der Waals surface area contributed by atoms with Crippen molar-refractivity contribution in [2.24, 2.45) is 0 Å². The maximum atomic E-state index is 7.76. The van der Waals surface area contributed by atoms with Crippen molar-refractivity contribution in [3.05, 3.63) is 137 Å². The second-order valence-corrected chi connectivity index (χ2v) is 14.8. The zero-order chi connectivity index (χ0) is 40.2. The Hall–Kier alpha value is -4.48. The average Bonchev–Trinajstić information content (AvgIpc) is 3.77. The number of benzene rings is 4. The van der Waals surface area contributed by atoms with Gasteiger partial charge in [-0.2, -0.15) is 0 Å². The summed E-state index contributed by atoms with van der Waals surface area (Å²) >= 11 is 1.75. The average molecular weight is 870 g/mol. The molecule has 0 bridgehead atoms. The molecule has 51 heavy (non-hydrogen) atoms. The van der Waals surface area contributed by atoms with Gasteiger partial charge >= 0.3 is 0 Å². The van der Waals surface area contributed by atoms with E-state index in [1.807, 2.05) is 42.6 Å². The number of rotatable bonds is 4. The van der Waals surface area contributed by atoms with Crippen molar-refractivity contribution in [2.75, 3.05) is 0 Å². The summed E-state index contributed by atoms with van der Waals surface area (Å²) in [7, 11) is 0. The van der Waals surface area contributed by atoms with Gasteiger partial charge in [0.25, 0.3) is 0 Å². The fourth-order valence-electron chi connectivity index (χ4n) is 6.04. The Balaban J connectivity index is 0.000000192. The SMILES string of the molecule is Cc1cnc(-c2[c-]ccc3c2oc2c3ccc3sc(C(C)(C)C)nc32)cc1C(C)C.[2H]C([2H])([2H])c1c[c-]c(-c2cc(-c3ccccc3)c(C([2H])([2H])[2H])cn2)cc1.[Ir]. The van der Waals surface area contributed by atoms with Crippen LogP contribution in [-0.2, 0) is 25.5 Å². The molecular formula is C45H41IrN3OS-2. The van der Waals surface area contributed by atoms with Gasteiger partial charge in [0, 0.05) is 51.5 Å². The maximum Gasteiger partial charge on any atom is 0.148 e. The summed E-state index contributed by atoms with van der Waals surface area (Å²) in [6.45, 7) is 8.65. The molecule has 0 spiro atoms. The third-order valence-electron chi connectivity index (χ3n) is 8.70. The van der Waals surface area contributed by atoms with E-state index in [0.29, 0.717) is 22.7 Å². The van der Waals surface area contributed by atoms with Crippen LogP contribution in [0, 0.1) is 32.8 Å². The van der Waals surface area contributed by atoms with Gasteiger partial charge in [-0.1, -0.05) is 101 Å². The standard InChI is InChI=1S/C26H25N2OS.C19H16N.Ir/c1-14(2)19-12-20(27-13-15(19)3)18-9-7-8-16-17-10-11-21-22(24(17)29-23(16)18)28-25(30-21)26(4,5)6;1-14-8-10-17(11-9-14)19-12-18(15(2)13-20-19)16-6-4-3-5-7-16;/h7-8,10-14H,1-6H3;3-10,12-13H,1-2H3;/q2*-1;/i;1D3,2D3;. The van der Waals surface area contributed by atoms with E-state index >= 15 is 0 Å². The van der Waals surface area contributed by atoms with E-state index in [-0.39, 0.29) is 36.6 Å². The van der Waals surface area contributed by atoms with Crippen molar-refractivity contribution in [1.82, 2.24) is 15.0 Å². The smallest absolute Gasteiger partial charge is 0.148 e. The van der Waals surface area contributed by atoms with Crippen LogP contribution in [0.25, 0.3) is 65.8 Å². The van der Waals surface area contributed by atoms with Crippen molar-refractivity contribution < 1.29 is 32.7 Å². The monoisotopic (exact) mass is 870 g/mol. The van der Waals surface area contributed by atoms with E-state index in [2.05, 4.69) is 82.9 Å². The van der Waals surface area contributed by atoms with Crippen LogP contribution in [0.4, 0.5) is 0 Å². The van der Waals surface area contributed by atoms with E-state index < -0.39 is 13.7 Å². The molecule has 0 saturated heterocycles. The molecule has 1 radical (unpaired) electrons. The van der Waals surface area contributed by atoms with E-state index in [0.717, 1.165) is 54.0 Å². The number of aryl methyl sites for hydroxylation is 3. The van der Waals surface area contributed by atoms with Crippen LogP contribution in [-0.4, -0.2) is 15.0 Å². The molecule has 0 saturated carbocycles. The third kappa shape index (κ3) is 7.32. The summed E-state index contributed by atoms with van der Waals surface area (Å²) in [6, 6.07) is 32.4. The zero-order valence-electron chi connectivity index (χ0n) is 35.3. The van der Waals surface area contributed by atoms with Crippen molar-refractivity contribution in [2.45, 2.75) is 66.6 Å². The van der Waals surface area contributed by atoms with Gasteiger partial charge in [-0.3, -0.25) is 0 Å². The van der Waals surface area contributed by atoms with Crippen LogP contribution in [0.5, 0.6) is 0 Å². The Morgan fingerprint density at radius 3 is 2.29 bits per heavy atom. The van der Waals surface area contributed by atoms with Gasteiger partial charge in [0.15, 0.2) is 0 Å². The number of pyridine rings is 2. The minimum atomic E-state index is -2.29. The minimum absolute atomic E-state index is 0. The first-order valence-electron chi connectivity index (χ1n) is 19.6. The number of thiazole rings is 1. The third-order valence-corrected chi connectivity index (χ3v) is 10.1. The number of hydrogen-bond donors (Lipinski definition) is 0. The molecule has 0 N–H and O–H groups in total. The van der Waals surface area contributed by atoms with Gasteiger partial charge in [-0.05, 0) is 65.0 Å². The number of aromatic nitrogens is 3. The predicted octanol–water partition coefficient (Wildman–Crippen LogP) is 12.6. The maximum absolute atomic E-state index is 7.76. The fourth-order valence-corrected chi connectivity index (χ4v) is 7.06. The molecule has 4 nitrogen and oxygen atoms in total. The van der Waals surface area contributed by atoms with Crippen LogP contribution in [0.2, 0.25) is 0 Å². The summed E-state index contributed by atoms with van der Waals surface area (Å²) in [5.41, 5.74) is 9.83. The molecule has 0 unspecified atom stereocenters. The largest absolute Gasteiger partial charge is 0.498 e. The van der Waals surface area contributed by atoms with Gasteiger partial charge in [-0.15, -0.1) is 64.9 Å². The quantitative estimate of drug-likeness (QED) is 0.165. The Bertz CT molecular complexity index is 2690. The first-order valence-corrected chi connectivity index (χ1v) is 17.4. The van der Waals surface area contributed by atoms with Crippen molar-refractivity contribution in [3.8, 4) is 33.6 Å². The second kappa shape index (κ2) is 14.6.